The monoisotopic (exact) mass is 480 g/mol. The maximum atomic E-state index is 12.8. The summed E-state index contributed by atoms with van der Waals surface area (Å²) in [5, 5.41) is 3.13. The van der Waals surface area contributed by atoms with Crippen LogP contribution >= 0.6 is 23.2 Å². The van der Waals surface area contributed by atoms with Gasteiger partial charge in [0.15, 0.2) is 0 Å². The zero-order valence-electron chi connectivity index (χ0n) is 17.5. The van der Waals surface area contributed by atoms with E-state index in [4.69, 9.17) is 27.9 Å². The number of amides is 2. The molecule has 0 spiro atoms. The third-order valence-corrected chi connectivity index (χ3v) is 5.66. The Kier molecular flexibility index (Phi) is 6.49. The molecule has 0 atom stereocenters. The molecule has 0 fully saturated rings. The highest BCUT2D eigenvalue weighted by Crippen LogP contribution is 2.31. The van der Waals surface area contributed by atoms with Crippen molar-refractivity contribution >= 4 is 52.4 Å². The first-order valence-corrected chi connectivity index (χ1v) is 10.9. The van der Waals surface area contributed by atoms with Crippen LogP contribution in [-0.4, -0.2) is 17.8 Å². The van der Waals surface area contributed by atoms with Crippen LogP contribution in [0.2, 0.25) is 5.02 Å². The van der Waals surface area contributed by atoms with Gasteiger partial charge in [-0.1, -0.05) is 48.3 Å². The quantitative estimate of drug-likeness (QED) is 0.284. The highest BCUT2D eigenvalue weighted by Gasteiger charge is 2.38. The molecule has 166 valence electrons. The maximum absolute atomic E-state index is 12.8. The van der Waals surface area contributed by atoms with Gasteiger partial charge in [0.25, 0.3) is 11.8 Å². The Morgan fingerprint density at radius 2 is 1.58 bits per heavy atom. The van der Waals surface area contributed by atoms with E-state index >= 15 is 0 Å². The largest absolute Gasteiger partial charge is 0.423 e. The van der Waals surface area contributed by atoms with Crippen molar-refractivity contribution in [3.8, 4) is 5.75 Å². The van der Waals surface area contributed by atoms with E-state index in [9.17, 15) is 14.4 Å². The van der Waals surface area contributed by atoms with Gasteiger partial charge in [-0.15, -0.1) is 0 Å². The summed E-state index contributed by atoms with van der Waals surface area (Å²) in [6.45, 7) is 1.98. The average molecular weight is 481 g/mol. The summed E-state index contributed by atoms with van der Waals surface area (Å²) in [5.41, 5.74) is 2.05. The van der Waals surface area contributed by atoms with E-state index in [1.54, 1.807) is 60.7 Å². The summed E-state index contributed by atoms with van der Waals surface area (Å²) in [7, 11) is 0. The van der Waals surface area contributed by atoms with E-state index in [-0.39, 0.29) is 10.7 Å². The number of nitrogens with one attached hydrogen (secondary N) is 1. The summed E-state index contributed by atoms with van der Waals surface area (Å²) >= 11 is 12.0. The van der Waals surface area contributed by atoms with E-state index in [2.05, 4.69) is 5.32 Å². The first-order valence-electron chi connectivity index (χ1n) is 10.1. The van der Waals surface area contributed by atoms with Gasteiger partial charge in [-0.25, -0.2) is 9.69 Å². The molecule has 4 rings (SSSR count). The Morgan fingerprint density at radius 1 is 0.909 bits per heavy atom. The third-order valence-electron chi connectivity index (χ3n) is 5.06. The molecule has 1 aliphatic heterocycles. The van der Waals surface area contributed by atoms with E-state index in [1.807, 2.05) is 19.1 Å². The van der Waals surface area contributed by atoms with Crippen LogP contribution in [-0.2, 0) is 16.0 Å². The second-order valence-corrected chi connectivity index (χ2v) is 7.98. The zero-order chi connectivity index (χ0) is 23.5. The summed E-state index contributed by atoms with van der Waals surface area (Å²) in [4.78, 5) is 38.9. The van der Waals surface area contributed by atoms with Crippen molar-refractivity contribution in [1.29, 1.82) is 0 Å². The number of hydrogen-bond donors (Lipinski definition) is 1. The van der Waals surface area contributed by atoms with Gasteiger partial charge in [0.1, 0.15) is 16.5 Å². The molecule has 3 aromatic rings. The van der Waals surface area contributed by atoms with E-state index in [1.165, 1.54) is 0 Å². The minimum Gasteiger partial charge on any atom is -0.423 e. The van der Waals surface area contributed by atoms with Crippen LogP contribution in [0.4, 0.5) is 11.4 Å². The molecule has 0 saturated heterocycles. The first-order chi connectivity index (χ1) is 15.9. The van der Waals surface area contributed by atoms with Gasteiger partial charge in [0.2, 0.25) is 0 Å². The molecular weight excluding hydrogens is 463 g/mol. The minimum atomic E-state index is -0.638. The number of esters is 1. The predicted molar refractivity (Wildman–Crippen MR) is 128 cm³/mol. The molecular formula is C25H18Cl2N2O4. The number of imide groups is 1. The molecule has 8 heteroatoms. The lowest BCUT2D eigenvalue weighted by Crippen LogP contribution is -2.32. The number of nitrogens with zero attached hydrogens (tertiary/aromatic N) is 1. The number of aryl methyl sites for hydroxylation is 1. The second kappa shape index (κ2) is 9.48. The normalized spacial score (nSPS) is 13.5. The fraction of sp³-hybridized carbons (Fsp3) is 0.0800. The SMILES string of the molecule is CCc1ccccc1OC(=O)c1ccc(NC2=C(Cl)C(=O)N(c3ccc(Cl)cc3)C2=O)cc1. The molecule has 33 heavy (non-hydrogen) atoms. The van der Waals surface area contributed by atoms with Crippen molar-refractivity contribution < 1.29 is 19.1 Å². The van der Waals surface area contributed by atoms with Crippen molar-refractivity contribution in [3.05, 3.63) is 99.7 Å². The Morgan fingerprint density at radius 3 is 2.24 bits per heavy atom. The summed E-state index contributed by atoms with van der Waals surface area (Å²) < 4.78 is 5.51. The summed E-state index contributed by atoms with van der Waals surface area (Å²) in [6.07, 6.45) is 0.738. The Labute approximate surface area is 200 Å². The van der Waals surface area contributed by atoms with E-state index in [0.717, 1.165) is 16.9 Å². The molecule has 0 unspecified atom stereocenters. The van der Waals surface area contributed by atoms with E-state index in [0.29, 0.717) is 27.7 Å². The third kappa shape index (κ3) is 4.62. The number of hydrogen-bond acceptors (Lipinski definition) is 5. The van der Waals surface area contributed by atoms with Gasteiger partial charge < -0.3 is 10.1 Å². The number of carbonyl (C=O) groups excluding carboxylic acids is 3. The number of halogens is 2. The predicted octanol–water partition coefficient (Wildman–Crippen LogP) is 5.56. The molecule has 2 amide bonds. The molecule has 0 aliphatic carbocycles. The van der Waals surface area contributed by atoms with Gasteiger partial charge in [-0.05, 0) is 66.6 Å². The van der Waals surface area contributed by atoms with Crippen LogP contribution in [0.25, 0.3) is 0 Å². The molecule has 0 aromatic heterocycles. The Hall–Kier alpha value is -3.61. The topological polar surface area (TPSA) is 75.7 Å². The van der Waals surface area contributed by atoms with Gasteiger partial charge in [-0.3, -0.25) is 9.59 Å². The standard InChI is InChI=1S/C25H18Cl2N2O4/c1-2-15-5-3-4-6-20(15)33-25(32)16-7-11-18(12-8-16)28-22-21(27)23(30)29(24(22)31)19-13-9-17(26)10-14-19/h3-14,28H,2H2,1H3. The average Bonchev–Trinajstić information content (AvgIpc) is 3.03. The number of rotatable bonds is 6. The molecule has 0 saturated carbocycles. The Bertz CT molecular complexity index is 1270. The number of anilines is 2. The maximum Gasteiger partial charge on any atom is 0.343 e. The van der Waals surface area contributed by atoms with Crippen LogP contribution in [0, 0.1) is 0 Å². The van der Waals surface area contributed by atoms with Crippen molar-refractivity contribution in [2.45, 2.75) is 13.3 Å². The van der Waals surface area contributed by atoms with E-state index < -0.39 is 17.8 Å². The second-order valence-electron chi connectivity index (χ2n) is 7.16. The molecule has 0 bridgehead atoms. The number of para-hydroxylation sites is 1. The molecule has 6 nitrogen and oxygen atoms in total. The van der Waals surface area contributed by atoms with Gasteiger partial charge in [0.05, 0.1) is 11.3 Å². The Balaban J connectivity index is 1.48. The number of benzene rings is 3. The fourth-order valence-corrected chi connectivity index (χ4v) is 3.66. The van der Waals surface area contributed by atoms with Crippen molar-refractivity contribution in [1.82, 2.24) is 0 Å². The van der Waals surface area contributed by atoms with Crippen LogP contribution in [0.1, 0.15) is 22.8 Å². The lowest BCUT2D eigenvalue weighted by molar-refractivity contribution is -0.120. The smallest absolute Gasteiger partial charge is 0.343 e. The van der Waals surface area contributed by atoms with Crippen molar-refractivity contribution in [2.24, 2.45) is 0 Å². The van der Waals surface area contributed by atoms with Gasteiger partial charge >= 0.3 is 5.97 Å². The lowest BCUT2D eigenvalue weighted by Gasteiger charge is -2.15. The van der Waals surface area contributed by atoms with Crippen LogP contribution in [0.3, 0.4) is 0 Å². The van der Waals surface area contributed by atoms with Crippen molar-refractivity contribution in [2.75, 3.05) is 10.2 Å². The fourth-order valence-electron chi connectivity index (χ4n) is 3.32. The summed E-state index contributed by atoms with van der Waals surface area (Å²) in [6, 6.07) is 19.9. The highest BCUT2D eigenvalue weighted by molar-refractivity contribution is 6.53. The number of carbonyl (C=O) groups is 3. The minimum absolute atomic E-state index is 0.0520. The zero-order valence-corrected chi connectivity index (χ0v) is 19.0. The van der Waals surface area contributed by atoms with Gasteiger partial charge in [-0.2, -0.15) is 0 Å². The lowest BCUT2D eigenvalue weighted by atomic mass is 10.1. The molecule has 3 aromatic carbocycles. The molecule has 1 N–H and O–H groups in total. The molecule has 1 heterocycles. The highest BCUT2D eigenvalue weighted by atomic mass is 35.5. The number of ether oxygens (including phenoxy) is 1. The first kappa shape index (κ1) is 22.6. The van der Waals surface area contributed by atoms with Crippen LogP contribution in [0.15, 0.2) is 83.5 Å². The van der Waals surface area contributed by atoms with Gasteiger partial charge in [0, 0.05) is 10.7 Å². The van der Waals surface area contributed by atoms with Crippen LogP contribution < -0.4 is 15.0 Å². The molecule has 0 radical (unpaired) electrons. The molecule has 1 aliphatic rings. The summed E-state index contributed by atoms with van der Waals surface area (Å²) in [5.74, 6) is -1.21. The van der Waals surface area contributed by atoms with Crippen molar-refractivity contribution in [3.63, 3.8) is 0 Å². The van der Waals surface area contributed by atoms with Crippen LogP contribution in [0.5, 0.6) is 5.75 Å².